The van der Waals surface area contributed by atoms with Crippen LogP contribution >= 0.6 is 0 Å². The van der Waals surface area contributed by atoms with Gasteiger partial charge in [0.2, 0.25) is 5.91 Å². The van der Waals surface area contributed by atoms with Gasteiger partial charge in [0.1, 0.15) is 0 Å². The minimum absolute atomic E-state index is 0.0131. The number of carbonyl (C=O) groups is 1. The van der Waals surface area contributed by atoms with Crippen LogP contribution in [-0.2, 0) is 17.8 Å². The summed E-state index contributed by atoms with van der Waals surface area (Å²) in [6.07, 6.45) is 6.00. The van der Waals surface area contributed by atoms with Crippen molar-refractivity contribution in [3.8, 4) is 5.69 Å². The molecule has 1 amide bonds. The summed E-state index contributed by atoms with van der Waals surface area (Å²) >= 11 is 0. The lowest BCUT2D eigenvalue weighted by molar-refractivity contribution is -0.132. The molecule has 0 radical (unpaired) electrons. The number of benzene rings is 2. The van der Waals surface area contributed by atoms with E-state index in [4.69, 9.17) is 0 Å². The van der Waals surface area contributed by atoms with Crippen molar-refractivity contribution < 1.29 is 9.90 Å². The fourth-order valence-corrected chi connectivity index (χ4v) is 4.37. The average Bonchev–Trinajstić information content (AvgIpc) is 3.24. The van der Waals surface area contributed by atoms with E-state index in [-0.39, 0.29) is 12.5 Å². The fraction of sp³-hybridized carbons (Fsp3) is 0.360. The maximum Gasteiger partial charge on any atom is 0.222 e. The lowest BCUT2D eigenvalue weighted by atomic mass is 9.90. The van der Waals surface area contributed by atoms with Gasteiger partial charge in [-0.1, -0.05) is 48.5 Å². The summed E-state index contributed by atoms with van der Waals surface area (Å²) in [5.41, 5.74) is 4.26. The second kappa shape index (κ2) is 9.72. The summed E-state index contributed by atoms with van der Waals surface area (Å²) in [7, 11) is 0. The Morgan fingerprint density at radius 2 is 1.67 bits per heavy atom. The van der Waals surface area contributed by atoms with E-state index in [1.54, 1.807) is 6.20 Å². The normalized spacial score (nSPS) is 14.8. The minimum atomic E-state index is -0.0131. The Hall–Kier alpha value is -2.92. The quantitative estimate of drug-likeness (QED) is 0.646. The molecule has 1 N–H and O–H groups in total. The first-order valence-corrected chi connectivity index (χ1v) is 10.8. The molecule has 2 aromatic carbocycles. The highest BCUT2D eigenvalue weighted by atomic mass is 16.3. The van der Waals surface area contributed by atoms with Gasteiger partial charge in [0.05, 0.1) is 24.2 Å². The zero-order chi connectivity index (χ0) is 20.8. The maximum atomic E-state index is 12.7. The fourth-order valence-electron chi connectivity index (χ4n) is 4.37. The molecule has 1 fully saturated rings. The first-order valence-electron chi connectivity index (χ1n) is 10.8. The van der Waals surface area contributed by atoms with Crippen molar-refractivity contribution in [2.75, 3.05) is 13.1 Å². The van der Waals surface area contributed by atoms with Crippen LogP contribution in [0.4, 0.5) is 0 Å². The van der Waals surface area contributed by atoms with Crippen LogP contribution in [0.2, 0.25) is 0 Å². The zero-order valence-electron chi connectivity index (χ0n) is 17.3. The van der Waals surface area contributed by atoms with Crippen molar-refractivity contribution in [3.05, 3.63) is 83.7 Å². The van der Waals surface area contributed by atoms with Gasteiger partial charge in [-0.2, -0.15) is 5.10 Å². The van der Waals surface area contributed by atoms with Crippen LogP contribution in [0.15, 0.2) is 66.9 Å². The summed E-state index contributed by atoms with van der Waals surface area (Å²) < 4.78 is 1.95. The Labute approximate surface area is 178 Å². The van der Waals surface area contributed by atoms with Crippen LogP contribution in [-0.4, -0.2) is 38.8 Å². The van der Waals surface area contributed by atoms with Crippen LogP contribution in [0.3, 0.4) is 0 Å². The number of aromatic nitrogens is 2. The number of hydrogen-bond acceptors (Lipinski definition) is 3. The number of amides is 1. The van der Waals surface area contributed by atoms with Crippen molar-refractivity contribution in [1.29, 1.82) is 0 Å². The number of aryl methyl sites for hydroxylation is 1. The first kappa shape index (κ1) is 20.4. The highest BCUT2D eigenvalue weighted by Crippen LogP contribution is 2.32. The second-order valence-electron chi connectivity index (χ2n) is 7.95. The van der Waals surface area contributed by atoms with Gasteiger partial charge in [-0.05, 0) is 43.4 Å². The lowest BCUT2D eigenvalue weighted by Crippen LogP contribution is -2.38. The van der Waals surface area contributed by atoms with Crippen molar-refractivity contribution in [1.82, 2.24) is 14.7 Å². The monoisotopic (exact) mass is 403 g/mol. The van der Waals surface area contributed by atoms with Crippen LogP contribution in [0.25, 0.3) is 5.69 Å². The molecule has 5 heteroatoms. The Balaban J connectivity index is 1.35. The number of nitrogens with zero attached hydrogens (tertiary/aromatic N) is 3. The Bertz CT molecular complexity index is 945. The molecule has 0 unspecified atom stereocenters. The summed E-state index contributed by atoms with van der Waals surface area (Å²) in [5, 5.41) is 14.4. The third kappa shape index (κ3) is 4.62. The molecule has 1 aromatic heterocycles. The predicted molar refractivity (Wildman–Crippen MR) is 117 cm³/mol. The van der Waals surface area contributed by atoms with Crippen LogP contribution < -0.4 is 0 Å². The molecule has 3 aromatic rings. The van der Waals surface area contributed by atoms with E-state index >= 15 is 0 Å². The highest BCUT2D eigenvalue weighted by Gasteiger charge is 2.28. The molecule has 0 saturated carbocycles. The van der Waals surface area contributed by atoms with Crippen LogP contribution in [0.1, 0.15) is 48.4 Å². The van der Waals surface area contributed by atoms with Gasteiger partial charge in [-0.15, -0.1) is 0 Å². The van der Waals surface area contributed by atoms with Gasteiger partial charge >= 0.3 is 0 Å². The maximum absolute atomic E-state index is 12.7. The number of rotatable bonds is 7. The number of piperidine rings is 1. The van der Waals surface area contributed by atoms with Gasteiger partial charge in [-0.25, -0.2) is 4.68 Å². The molecule has 0 aliphatic carbocycles. The van der Waals surface area contributed by atoms with Crippen molar-refractivity contribution in [2.24, 2.45) is 0 Å². The van der Waals surface area contributed by atoms with E-state index < -0.39 is 0 Å². The van der Waals surface area contributed by atoms with E-state index in [2.05, 4.69) is 17.2 Å². The zero-order valence-corrected chi connectivity index (χ0v) is 17.3. The van der Waals surface area contributed by atoms with Gasteiger partial charge in [-0.3, -0.25) is 4.79 Å². The molecule has 30 heavy (non-hydrogen) atoms. The molecule has 156 valence electrons. The molecule has 0 atom stereocenters. The number of hydrogen-bond donors (Lipinski definition) is 1. The highest BCUT2D eigenvalue weighted by molar-refractivity contribution is 5.76. The SMILES string of the molecule is O=C(CCCc1ccccc1)N1CCC(c2c(CO)cnn2-c2ccccc2)CC1. The molecule has 1 aliphatic heterocycles. The van der Waals surface area contributed by atoms with Crippen molar-refractivity contribution in [2.45, 2.75) is 44.6 Å². The molecule has 5 nitrogen and oxygen atoms in total. The Morgan fingerprint density at radius 3 is 2.33 bits per heavy atom. The standard InChI is InChI=1S/C25H29N3O2/c29-19-22-18-26-28(23-11-5-2-6-12-23)25(22)21-14-16-27(17-15-21)24(30)13-7-10-20-8-3-1-4-9-20/h1-6,8-9,11-12,18,21,29H,7,10,13-17,19H2. The largest absolute Gasteiger partial charge is 0.392 e. The lowest BCUT2D eigenvalue weighted by Gasteiger charge is -2.33. The summed E-state index contributed by atoms with van der Waals surface area (Å²) in [6.45, 7) is 1.51. The van der Waals surface area contributed by atoms with Crippen LogP contribution in [0.5, 0.6) is 0 Å². The third-order valence-corrected chi connectivity index (χ3v) is 5.99. The van der Waals surface area contributed by atoms with Crippen molar-refractivity contribution in [3.63, 3.8) is 0 Å². The van der Waals surface area contributed by atoms with E-state index in [1.165, 1.54) is 5.56 Å². The molecule has 1 aliphatic rings. The molecule has 0 spiro atoms. The van der Waals surface area contributed by atoms with E-state index in [9.17, 15) is 9.90 Å². The number of carbonyl (C=O) groups excluding carboxylic acids is 1. The number of para-hydroxylation sites is 1. The Kier molecular flexibility index (Phi) is 6.60. The third-order valence-electron chi connectivity index (χ3n) is 5.99. The molecular formula is C25H29N3O2. The van der Waals surface area contributed by atoms with Gasteiger partial charge < -0.3 is 10.0 Å². The topological polar surface area (TPSA) is 58.4 Å². The number of aliphatic hydroxyl groups excluding tert-OH is 1. The minimum Gasteiger partial charge on any atom is -0.392 e. The van der Waals surface area contributed by atoms with Crippen molar-refractivity contribution >= 4 is 5.91 Å². The molecule has 2 heterocycles. The Morgan fingerprint density at radius 1 is 1.00 bits per heavy atom. The van der Waals surface area contributed by atoms with E-state index in [0.29, 0.717) is 12.3 Å². The smallest absolute Gasteiger partial charge is 0.222 e. The summed E-state index contributed by atoms with van der Waals surface area (Å²) in [6, 6.07) is 20.4. The van der Waals surface area contributed by atoms with Gasteiger partial charge in [0, 0.05) is 31.0 Å². The average molecular weight is 404 g/mol. The van der Waals surface area contributed by atoms with Crippen LogP contribution in [0, 0.1) is 0 Å². The predicted octanol–water partition coefficient (Wildman–Crippen LogP) is 4.09. The second-order valence-corrected chi connectivity index (χ2v) is 7.95. The molecule has 1 saturated heterocycles. The molecule has 0 bridgehead atoms. The number of likely N-dealkylation sites (tertiary alicyclic amines) is 1. The van der Waals surface area contributed by atoms with Gasteiger partial charge in [0.25, 0.3) is 0 Å². The van der Waals surface area contributed by atoms with Gasteiger partial charge in [0.15, 0.2) is 0 Å². The first-order chi connectivity index (χ1) is 14.8. The van der Waals surface area contributed by atoms with E-state index in [0.717, 1.165) is 55.7 Å². The molecular weight excluding hydrogens is 374 g/mol. The number of aliphatic hydroxyl groups is 1. The van der Waals surface area contributed by atoms with E-state index in [1.807, 2.05) is 58.1 Å². The summed E-state index contributed by atoms with van der Waals surface area (Å²) in [5.74, 6) is 0.548. The summed E-state index contributed by atoms with van der Waals surface area (Å²) in [4.78, 5) is 14.7. The molecule has 4 rings (SSSR count).